The van der Waals surface area contributed by atoms with Crippen molar-refractivity contribution in [3.63, 3.8) is 0 Å². The van der Waals surface area contributed by atoms with Gasteiger partial charge in [0.15, 0.2) is 17.3 Å². The van der Waals surface area contributed by atoms with E-state index in [9.17, 15) is 9.59 Å². The van der Waals surface area contributed by atoms with Crippen LogP contribution in [0.5, 0.6) is 11.5 Å². The molecule has 0 aromatic heterocycles. The Balaban J connectivity index is 1.19. The number of nitrogens with one attached hydrogen (secondary N) is 2. The fraction of sp³-hybridized carbons (Fsp3) is 0.391. The van der Waals surface area contributed by atoms with Crippen LogP contribution in [0, 0.1) is 0 Å². The summed E-state index contributed by atoms with van der Waals surface area (Å²) in [5.74, 6) is 0.269. The van der Waals surface area contributed by atoms with Crippen LogP contribution in [0.4, 0.5) is 11.4 Å². The zero-order chi connectivity index (χ0) is 22.0. The predicted molar refractivity (Wildman–Crippen MR) is 116 cm³/mol. The number of carbonyl (C=O) groups is 2. The molecule has 3 aliphatic rings. The molecule has 0 atom stereocenters. The van der Waals surface area contributed by atoms with E-state index in [2.05, 4.69) is 15.5 Å². The molecule has 0 radical (unpaired) electrons. The fourth-order valence-corrected chi connectivity index (χ4v) is 4.19. The van der Waals surface area contributed by atoms with Gasteiger partial charge < -0.3 is 29.6 Å². The lowest BCUT2D eigenvalue weighted by Crippen LogP contribution is -2.47. The molecule has 5 rings (SSSR count). The summed E-state index contributed by atoms with van der Waals surface area (Å²) in [7, 11) is 0. The number of carbonyl (C=O) groups excluding carboxylic acids is 2. The second-order valence-corrected chi connectivity index (χ2v) is 8.00. The predicted octanol–water partition coefficient (Wildman–Crippen LogP) is 2.45. The molecule has 2 aromatic carbocycles. The molecule has 2 N–H and O–H groups in total. The lowest BCUT2D eigenvalue weighted by molar-refractivity contribution is -0.185. The number of para-hydroxylation sites is 1. The van der Waals surface area contributed by atoms with E-state index in [0.717, 1.165) is 25.9 Å². The molecule has 9 heteroatoms. The molecule has 2 fully saturated rings. The van der Waals surface area contributed by atoms with Crippen molar-refractivity contribution in [2.75, 3.05) is 50.3 Å². The van der Waals surface area contributed by atoms with Crippen LogP contribution >= 0.6 is 0 Å². The Bertz CT molecular complexity index is 1010. The minimum atomic E-state index is -0.466. The maximum Gasteiger partial charge on any atom is 0.257 e. The summed E-state index contributed by atoms with van der Waals surface area (Å²) in [6.07, 6.45) is 1.49. The molecule has 1 spiro atoms. The van der Waals surface area contributed by atoms with Crippen molar-refractivity contribution in [1.82, 2.24) is 4.90 Å². The quantitative estimate of drug-likeness (QED) is 0.738. The summed E-state index contributed by atoms with van der Waals surface area (Å²) in [6.45, 7) is 3.12. The van der Waals surface area contributed by atoms with E-state index in [1.165, 1.54) is 0 Å². The van der Waals surface area contributed by atoms with Crippen molar-refractivity contribution in [3.05, 3.63) is 48.0 Å². The molecule has 9 nitrogen and oxygen atoms in total. The molecule has 0 saturated carbocycles. The summed E-state index contributed by atoms with van der Waals surface area (Å²) in [4.78, 5) is 27.6. The summed E-state index contributed by atoms with van der Waals surface area (Å²) >= 11 is 0. The zero-order valence-electron chi connectivity index (χ0n) is 17.6. The van der Waals surface area contributed by atoms with Crippen LogP contribution in [-0.4, -0.2) is 62.1 Å². The Morgan fingerprint density at radius 1 is 0.938 bits per heavy atom. The second kappa shape index (κ2) is 8.78. The van der Waals surface area contributed by atoms with Crippen molar-refractivity contribution in [3.8, 4) is 11.5 Å². The third kappa shape index (κ3) is 4.40. The third-order valence-corrected chi connectivity index (χ3v) is 5.87. The normalized spacial score (nSPS) is 19.1. The molecule has 3 heterocycles. The maximum atomic E-state index is 12.9. The number of likely N-dealkylation sites (tertiary alicyclic amines) is 1. The SMILES string of the molecule is O=C(CN1CCC2(CC1)OCCO2)Nc1ccccc1C(=O)Nc1ccc2c(c1)OCO2. The molecule has 3 aliphatic heterocycles. The molecule has 168 valence electrons. The molecule has 0 bridgehead atoms. The minimum absolute atomic E-state index is 0.166. The number of hydrogen-bond donors (Lipinski definition) is 2. The molecule has 2 saturated heterocycles. The van der Waals surface area contributed by atoms with Crippen LogP contribution in [-0.2, 0) is 14.3 Å². The molecular formula is C23H25N3O6. The highest BCUT2D eigenvalue weighted by molar-refractivity contribution is 6.10. The Labute approximate surface area is 185 Å². The smallest absolute Gasteiger partial charge is 0.257 e. The molecule has 2 amide bonds. The fourth-order valence-electron chi connectivity index (χ4n) is 4.19. The van der Waals surface area contributed by atoms with Gasteiger partial charge in [-0.15, -0.1) is 0 Å². The highest BCUT2D eigenvalue weighted by atomic mass is 16.7. The van der Waals surface area contributed by atoms with Crippen LogP contribution < -0.4 is 20.1 Å². The Morgan fingerprint density at radius 2 is 1.69 bits per heavy atom. The number of hydrogen-bond acceptors (Lipinski definition) is 7. The van der Waals surface area contributed by atoms with Gasteiger partial charge >= 0.3 is 0 Å². The first-order chi connectivity index (χ1) is 15.6. The van der Waals surface area contributed by atoms with E-state index in [4.69, 9.17) is 18.9 Å². The molecule has 2 aromatic rings. The van der Waals surface area contributed by atoms with E-state index < -0.39 is 5.79 Å². The van der Waals surface area contributed by atoms with Crippen molar-refractivity contribution in [2.24, 2.45) is 0 Å². The first-order valence-corrected chi connectivity index (χ1v) is 10.7. The van der Waals surface area contributed by atoms with E-state index in [1.807, 2.05) is 0 Å². The van der Waals surface area contributed by atoms with Gasteiger partial charge in [-0.1, -0.05) is 12.1 Å². The highest BCUT2D eigenvalue weighted by Gasteiger charge is 2.40. The van der Waals surface area contributed by atoms with Crippen molar-refractivity contribution >= 4 is 23.2 Å². The van der Waals surface area contributed by atoms with Crippen LogP contribution in [0.2, 0.25) is 0 Å². The van der Waals surface area contributed by atoms with Crippen LogP contribution in [0.3, 0.4) is 0 Å². The number of rotatable bonds is 5. The van der Waals surface area contributed by atoms with E-state index >= 15 is 0 Å². The molecule has 32 heavy (non-hydrogen) atoms. The van der Waals surface area contributed by atoms with Crippen molar-refractivity contribution in [2.45, 2.75) is 18.6 Å². The lowest BCUT2D eigenvalue weighted by Gasteiger charge is -2.37. The summed E-state index contributed by atoms with van der Waals surface area (Å²) in [5, 5.41) is 5.73. The van der Waals surface area contributed by atoms with Gasteiger partial charge in [0.2, 0.25) is 12.7 Å². The topological polar surface area (TPSA) is 98.4 Å². The summed E-state index contributed by atoms with van der Waals surface area (Å²) < 4.78 is 22.1. The molecule has 0 aliphatic carbocycles. The second-order valence-electron chi connectivity index (χ2n) is 8.00. The van der Waals surface area contributed by atoms with Gasteiger partial charge in [-0.05, 0) is 24.3 Å². The number of nitrogens with zero attached hydrogens (tertiary/aromatic N) is 1. The third-order valence-electron chi connectivity index (χ3n) is 5.87. The van der Waals surface area contributed by atoms with Gasteiger partial charge in [0.25, 0.3) is 5.91 Å². The lowest BCUT2D eigenvalue weighted by atomic mass is 10.0. The standard InChI is InChI=1S/C23H25N3O6/c27-21(14-26-9-7-23(8-10-26)31-11-12-32-23)25-18-4-2-1-3-17(18)22(28)24-16-5-6-19-20(13-16)30-15-29-19/h1-6,13H,7-12,14-15H2,(H,24,28)(H,25,27). The van der Waals surface area contributed by atoms with Crippen molar-refractivity contribution in [1.29, 1.82) is 0 Å². The number of ether oxygens (including phenoxy) is 4. The number of benzene rings is 2. The van der Waals surface area contributed by atoms with Gasteiger partial charge in [0.05, 0.1) is 31.0 Å². The van der Waals surface area contributed by atoms with Gasteiger partial charge in [-0.2, -0.15) is 0 Å². The average molecular weight is 439 g/mol. The van der Waals surface area contributed by atoms with Crippen LogP contribution in [0.15, 0.2) is 42.5 Å². The minimum Gasteiger partial charge on any atom is -0.454 e. The number of fused-ring (bicyclic) bond motifs is 1. The monoisotopic (exact) mass is 439 g/mol. The van der Waals surface area contributed by atoms with E-state index in [1.54, 1.807) is 42.5 Å². The number of amides is 2. The molecule has 0 unspecified atom stereocenters. The van der Waals surface area contributed by atoms with Gasteiger partial charge in [-0.3, -0.25) is 14.5 Å². The largest absolute Gasteiger partial charge is 0.454 e. The number of piperidine rings is 1. The zero-order valence-corrected chi connectivity index (χ0v) is 17.6. The Hall–Kier alpha value is -3.14. The number of anilines is 2. The first-order valence-electron chi connectivity index (χ1n) is 10.7. The van der Waals surface area contributed by atoms with Crippen LogP contribution in [0.25, 0.3) is 0 Å². The van der Waals surface area contributed by atoms with Gasteiger partial charge in [0, 0.05) is 37.7 Å². The average Bonchev–Trinajstić information content (AvgIpc) is 3.45. The Morgan fingerprint density at radius 3 is 2.50 bits per heavy atom. The highest BCUT2D eigenvalue weighted by Crippen LogP contribution is 2.34. The van der Waals surface area contributed by atoms with Crippen LogP contribution in [0.1, 0.15) is 23.2 Å². The van der Waals surface area contributed by atoms with E-state index in [-0.39, 0.29) is 25.2 Å². The maximum absolute atomic E-state index is 12.9. The van der Waals surface area contributed by atoms with Gasteiger partial charge in [-0.25, -0.2) is 0 Å². The van der Waals surface area contributed by atoms with Gasteiger partial charge in [0.1, 0.15) is 0 Å². The van der Waals surface area contributed by atoms with E-state index in [0.29, 0.717) is 41.7 Å². The first kappa shape index (κ1) is 20.7. The summed E-state index contributed by atoms with van der Waals surface area (Å²) in [5.41, 5.74) is 1.43. The summed E-state index contributed by atoms with van der Waals surface area (Å²) in [6, 6.07) is 12.1. The Kier molecular flexibility index (Phi) is 5.69. The van der Waals surface area contributed by atoms with Crippen molar-refractivity contribution < 1.29 is 28.5 Å². The molecular weight excluding hydrogens is 414 g/mol.